The second-order valence-electron chi connectivity index (χ2n) is 6.86. The Morgan fingerprint density at radius 1 is 0.816 bits per heavy atom. The largest absolute Gasteiger partial charge is 0.504 e. The maximum absolute atomic E-state index is 11.5. The average molecular weight is 557 g/mol. The lowest BCUT2D eigenvalue weighted by Gasteiger charge is -2.09. The second-order valence-corrected chi connectivity index (χ2v) is 7.75. The molecule has 38 heavy (non-hydrogen) atoms. The van der Waals surface area contributed by atoms with Crippen molar-refractivity contribution in [1.82, 2.24) is 0 Å². The molecular formula is C24H28O13S. The number of rotatable bonds is 9. The molecular weight excluding hydrogens is 528 g/mol. The Balaban J connectivity index is 0.000000631. The van der Waals surface area contributed by atoms with Crippen molar-refractivity contribution in [2.24, 2.45) is 0 Å². The summed E-state index contributed by atoms with van der Waals surface area (Å²) in [5.74, 6) is -1.36. The van der Waals surface area contributed by atoms with Gasteiger partial charge in [0.1, 0.15) is 0 Å². The van der Waals surface area contributed by atoms with Crippen molar-refractivity contribution >= 4 is 40.5 Å². The van der Waals surface area contributed by atoms with Crippen molar-refractivity contribution in [2.75, 3.05) is 14.2 Å². The minimum Gasteiger partial charge on any atom is -0.504 e. The number of aromatic hydroxyl groups is 1. The topological polar surface area (TPSA) is 214 Å². The molecule has 208 valence electrons. The molecule has 0 fully saturated rings. The first kappa shape index (κ1) is 33.6. The summed E-state index contributed by atoms with van der Waals surface area (Å²) in [4.78, 5) is 32.1. The summed E-state index contributed by atoms with van der Waals surface area (Å²) in [6.45, 7) is 1.88. The zero-order valence-electron chi connectivity index (χ0n) is 20.6. The number of phenols is 1. The van der Waals surface area contributed by atoms with Gasteiger partial charge in [-0.05, 0) is 54.0 Å². The van der Waals surface area contributed by atoms with Gasteiger partial charge in [0.2, 0.25) is 0 Å². The van der Waals surface area contributed by atoms with Gasteiger partial charge in [0, 0.05) is 18.6 Å². The third kappa shape index (κ3) is 16.3. The van der Waals surface area contributed by atoms with Crippen LogP contribution in [0.5, 0.6) is 23.0 Å². The Morgan fingerprint density at radius 3 is 1.66 bits per heavy atom. The first-order chi connectivity index (χ1) is 17.7. The Kier molecular flexibility index (Phi) is 15.1. The maximum atomic E-state index is 11.5. The molecule has 2 aromatic carbocycles. The first-order valence-electron chi connectivity index (χ1n) is 10.5. The van der Waals surface area contributed by atoms with Crippen LogP contribution >= 0.6 is 0 Å². The lowest BCUT2D eigenvalue weighted by Crippen LogP contribution is -2.08. The van der Waals surface area contributed by atoms with E-state index in [9.17, 15) is 19.5 Å². The van der Waals surface area contributed by atoms with Gasteiger partial charge in [-0.3, -0.25) is 13.9 Å². The molecule has 0 unspecified atom stereocenters. The van der Waals surface area contributed by atoms with Crippen LogP contribution in [-0.2, 0) is 24.8 Å². The number of benzene rings is 2. The van der Waals surface area contributed by atoms with Crippen LogP contribution in [-0.4, -0.2) is 65.0 Å². The van der Waals surface area contributed by atoms with Gasteiger partial charge in [0.25, 0.3) is 0 Å². The van der Waals surface area contributed by atoms with Crippen molar-refractivity contribution in [3.63, 3.8) is 0 Å². The van der Waals surface area contributed by atoms with Gasteiger partial charge in [0.15, 0.2) is 23.0 Å². The molecule has 0 amide bonds. The highest BCUT2D eigenvalue weighted by atomic mass is 32.3. The van der Waals surface area contributed by atoms with Gasteiger partial charge < -0.3 is 29.5 Å². The van der Waals surface area contributed by atoms with Gasteiger partial charge in [-0.25, -0.2) is 9.59 Å². The molecule has 0 spiro atoms. The fourth-order valence-corrected chi connectivity index (χ4v) is 2.40. The van der Waals surface area contributed by atoms with Crippen LogP contribution in [0.4, 0.5) is 0 Å². The number of hydrogen-bond donors (Lipinski definition) is 5. The van der Waals surface area contributed by atoms with Crippen molar-refractivity contribution in [1.29, 1.82) is 0 Å². The molecule has 0 aliphatic carbocycles. The molecule has 2 rings (SSSR count). The fraction of sp³-hybridized carbons (Fsp3) is 0.208. The lowest BCUT2D eigenvalue weighted by molar-refractivity contribution is -0.134. The van der Waals surface area contributed by atoms with Crippen molar-refractivity contribution in [3.05, 3.63) is 59.7 Å². The van der Waals surface area contributed by atoms with E-state index in [-0.39, 0.29) is 17.5 Å². The van der Waals surface area contributed by atoms with E-state index in [4.69, 9.17) is 41.9 Å². The highest BCUT2D eigenvalue weighted by Gasteiger charge is 2.10. The van der Waals surface area contributed by atoms with E-state index in [0.29, 0.717) is 35.5 Å². The molecule has 14 heteroatoms. The maximum Gasteiger partial charge on any atom is 0.394 e. The van der Waals surface area contributed by atoms with Crippen LogP contribution in [0.3, 0.4) is 0 Å². The minimum absolute atomic E-state index is 0.0139. The van der Waals surface area contributed by atoms with E-state index in [1.165, 1.54) is 32.4 Å². The summed E-state index contributed by atoms with van der Waals surface area (Å²) < 4.78 is 46.7. The van der Waals surface area contributed by atoms with Crippen LogP contribution in [0.2, 0.25) is 0 Å². The van der Waals surface area contributed by atoms with Crippen LogP contribution in [0.15, 0.2) is 48.6 Å². The molecule has 0 saturated heterocycles. The number of aliphatic carboxylic acids is 2. The SMILES string of the molecule is CCCC(=O)Oc1cc(/C=C/C(=O)O)ccc1OC.COc1ccc(/C=C/C(=O)O)cc1O.O=S(=O)(O)O. The van der Waals surface area contributed by atoms with Crippen LogP contribution in [0.1, 0.15) is 30.9 Å². The summed E-state index contributed by atoms with van der Waals surface area (Å²) in [7, 11) is -1.75. The van der Waals surface area contributed by atoms with Crippen LogP contribution in [0.25, 0.3) is 12.2 Å². The summed E-state index contributed by atoms with van der Waals surface area (Å²) in [6, 6.07) is 9.50. The molecule has 0 radical (unpaired) electrons. The molecule has 0 saturated carbocycles. The smallest absolute Gasteiger partial charge is 0.394 e. The van der Waals surface area contributed by atoms with Crippen LogP contribution in [0, 0.1) is 0 Å². The fourth-order valence-electron chi connectivity index (χ4n) is 2.40. The quantitative estimate of drug-likeness (QED) is 0.130. The van der Waals surface area contributed by atoms with E-state index in [0.717, 1.165) is 12.2 Å². The van der Waals surface area contributed by atoms with Gasteiger partial charge in [-0.2, -0.15) is 8.42 Å². The number of carboxylic acids is 2. The van der Waals surface area contributed by atoms with Gasteiger partial charge in [-0.15, -0.1) is 0 Å². The minimum atomic E-state index is -4.67. The highest BCUT2D eigenvalue weighted by Crippen LogP contribution is 2.29. The predicted molar refractivity (Wildman–Crippen MR) is 136 cm³/mol. The average Bonchev–Trinajstić information content (AvgIpc) is 2.81. The normalized spacial score (nSPS) is 10.6. The van der Waals surface area contributed by atoms with Crippen molar-refractivity contribution < 1.29 is 61.4 Å². The van der Waals surface area contributed by atoms with Gasteiger partial charge in [0.05, 0.1) is 14.2 Å². The van der Waals surface area contributed by atoms with Crippen molar-refractivity contribution in [3.8, 4) is 23.0 Å². The van der Waals surface area contributed by atoms with Gasteiger partial charge in [-0.1, -0.05) is 19.1 Å². The monoisotopic (exact) mass is 556 g/mol. The van der Waals surface area contributed by atoms with E-state index in [1.54, 1.807) is 30.3 Å². The number of carbonyl (C=O) groups is 3. The van der Waals surface area contributed by atoms with Crippen LogP contribution < -0.4 is 14.2 Å². The standard InChI is InChI=1S/C14H16O5.C10H10O4.H2O4S/c1-3-4-14(17)19-12-9-10(6-8-13(15)16)5-7-11(12)18-2;1-14-9-4-2-7(6-8(9)11)3-5-10(12)13;1-5(2,3)4/h5-9H,3-4H2,1-2H3,(H,15,16);2-6,11H,1H3,(H,12,13);(H2,1,2,3,4)/b8-6+;5-3+;. The summed E-state index contributed by atoms with van der Waals surface area (Å²) in [5, 5.41) is 26.3. The number of ether oxygens (including phenoxy) is 3. The zero-order valence-corrected chi connectivity index (χ0v) is 21.4. The van der Waals surface area contributed by atoms with E-state index in [2.05, 4.69) is 0 Å². The molecule has 0 aliphatic heterocycles. The number of carbonyl (C=O) groups excluding carboxylic acids is 1. The lowest BCUT2D eigenvalue weighted by atomic mass is 10.2. The number of carboxylic acid groups (broad SMARTS) is 2. The molecule has 2 aromatic rings. The summed E-state index contributed by atoms with van der Waals surface area (Å²) in [6.07, 6.45) is 5.83. The molecule has 5 N–H and O–H groups in total. The molecule has 0 atom stereocenters. The number of esters is 1. The Bertz CT molecular complexity index is 1240. The highest BCUT2D eigenvalue weighted by molar-refractivity contribution is 7.79. The molecule has 0 aliphatic rings. The number of phenolic OH excluding ortho intramolecular Hbond substituents is 1. The van der Waals surface area contributed by atoms with E-state index in [1.807, 2.05) is 6.92 Å². The molecule has 13 nitrogen and oxygen atoms in total. The summed E-state index contributed by atoms with van der Waals surface area (Å²) >= 11 is 0. The first-order valence-corrected chi connectivity index (χ1v) is 11.9. The molecule has 0 bridgehead atoms. The zero-order chi connectivity index (χ0) is 29.3. The second kappa shape index (κ2) is 17.1. The number of methoxy groups -OCH3 is 2. The van der Waals surface area contributed by atoms with E-state index < -0.39 is 22.3 Å². The molecule has 0 aromatic heterocycles. The number of hydrogen-bond acceptors (Lipinski definition) is 9. The molecule has 0 heterocycles. The summed E-state index contributed by atoms with van der Waals surface area (Å²) in [5.41, 5.74) is 1.22. The Morgan fingerprint density at radius 2 is 1.26 bits per heavy atom. The third-order valence-electron chi connectivity index (χ3n) is 3.91. The Labute approximate surface area is 218 Å². The predicted octanol–water partition coefficient (Wildman–Crippen LogP) is 3.34. The van der Waals surface area contributed by atoms with Crippen molar-refractivity contribution in [2.45, 2.75) is 19.8 Å². The Hall–Kier alpha value is -4.40. The van der Waals surface area contributed by atoms with Gasteiger partial charge >= 0.3 is 28.3 Å². The van der Waals surface area contributed by atoms with E-state index >= 15 is 0 Å². The third-order valence-corrected chi connectivity index (χ3v) is 3.91.